The molecule has 3 nitrogen and oxygen atoms in total. The summed E-state index contributed by atoms with van der Waals surface area (Å²) >= 11 is 2.36. The Morgan fingerprint density at radius 2 is 1.89 bits per heavy atom. The van der Waals surface area contributed by atoms with Gasteiger partial charge in [-0.3, -0.25) is 4.90 Å². The quantitative estimate of drug-likeness (QED) is 0.774. The van der Waals surface area contributed by atoms with Crippen molar-refractivity contribution in [2.45, 2.75) is 12.5 Å². The summed E-state index contributed by atoms with van der Waals surface area (Å²) in [7, 11) is 0. The lowest BCUT2D eigenvalue weighted by atomic mass is 10.0. The highest BCUT2D eigenvalue weighted by atomic mass is 127. The number of benzene rings is 1. The van der Waals surface area contributed by atoms with Crippen LogP contribution < -0.4 is 5.32 Å². The molecule has 0 aliphatic carbocycles. The van der Waals surface area contributed by atoms with Crippen LogP contribution in [-0.2, 0) is 0 Å². The Morgan fingerprint density at radius 1 is 1.26 bits per heavy atom. The molecule has 1 N–H and O–H groups in total. The van der Waals surface area contributed by atoms with E-state index in [1.807, 2.05) is 6.07 Å². The van der Waals surface area contributed by atoms with Gasteiger partial charge in [0.25, 0.3) is 0 Å². The molecule has 0 spiro atoms. The molecule has 1 heterocycles. The van der Waals surface area contributed by atoms with Crippen LogP contribution in [0.3, 0.4) is 0 Å². The molecular formula is C13H18Cl2IN3. The Labute approximate surface area is 140 Å². The fraction of sp³-hybridized carbons (Fsp3) is 0.462. The molecule has 6 heteroatoms. The molecule has 106 valence electrons. The monoisotopic (exact) mass is 413 g/mol. The van der Waals surface area contributed by atoms with E-state index in [1.165, 1.54) is 9.13 Å². The van der Waals surface area contributed by atoms with Crippen LogP contribution in [0.5, 0.6) is 0 Å². The Hall–Kier alpha value is -0.0600. The second kappa shape index (κ2) is 9.78. The second-order valence-electron chi connectivity index (χ2n) is 4.19. The Balaban J connectivity index is 0.00000162. The summed E-state index contributed by atoms with van der Waals surface area (Å²) in [6.45, 7) is 4.09. The van der Waals surface area contributed by atoms with Gasteiger partial charge in [0, 0.05) is 35.8 Å². The number of rotatable bonds is 3. The molecule has 0 bridgehead atoms. The van der Waals surface area contributed by atoms with Crippen LogP contribution >= 0.6 is 47.4 Å². The highest BCUT2D eigenvalue weighted by Crippen LogP contribution is 2.28. The summed E-state index contributed by atoms with van der Waals surface area (Å²) in [5, 5.41) is 12.4. The van der Waals surface area contributed by atoms with Crippen LogP contribution in [0, 0.1) is 14.9 Å². The summed E-state index contributed by atoms with van der Waals surface area (Å²) < 4.78 is 1.25. The maximum absolute atomic E-state index is 9.02. The first-order chi connectivity index (χ1) is 8.33. The van der Waals surface area contributed by atoms with Crippen molar-refractivity contribution in [3.05, 3.63) is 33.4 Å². The molecule has 19 heavy (non-hydrogen) atoms. The maximum atomic E-state index is 9.02. The van der Waals surface area contributed by atoms with Crippen molar-refractivity contribution in [1.82, 2.24) is 10.2 Å². The van der Waals surface area contributed by atoms with Crippen molar-refractivity contribution in [3.63, 3.8) is 0 Å². The van der Waals surface area contributed by atoms with Gasteiger partial charge in [0.15, 0.2) is 0 Å². The summed E-state index contributed by atoms with van der Waals surface area (Å²) in [4.78, 5) is 2.41. The van der Waals surface area contributed by atoms with Crippen molar-refractivity contribution in [3.8, 4) is 6.07 Å². The lowest BCUT2D eigenvalue weighted by Gasteiger charge is -2.34. The van der Waals surface area contributed by atoms with Crippen LogP contribution in [-0.4, -0.2) is 31.1 Å². The maximum Gasteiger partial charge on any atom is 0.0641 e. The highest BCUT2D eigenvalue weighted by molar-refractivity contribution is 14.1. The van der Waals surface area contributed by atoms with E-state index < -0.39 is 0 Å². The normalized spacial score (nSPS) is 16.6. The molecule has 1 aromatic carbocycles. The van der Waals surface area contributed by atoms with Gasteiger partial charge >= 0.3 is 0 Å². The van der Waals surface area contributed by atoms with Gasteiger partial charge < -0.3 is 5.32 Å². The van der Waals surface area contributed by atoms with Crippen LogP contribution in [0.1, 0.15) is 18.0 Å². The first-order valence-electron chi connectivity index (χ1n) is 5.89. The van der Waals surface area contributed by atoms with E-state index in [-0.39, 0.29) is 30.9 Å². The Kier molecular flexibility index (Phi) is 9.75. The fourth-order valence-electron chi connectivity index (χ4n) is 2.26. The third-order valence-electron chi connectivity index (χ3n) is 3.14. The van der Waals surface area contributed by atoms with E-state index in [2.05, 4.69) is 57.1 Å². The predicted molar refractivity (Wildman–Crippen MR) is 91.1 cm³/mol. The smallest absolute Gasteiger partial charge is 0.0641 e. The lowest BCUT2D eigenvalue weighted by Crippen LogP contribution is -2.45. The van der Waals surface area contributed by atoms with Crippen molar-refractivity contribution >= 4 is 47.4 Å². The van der Waals surface area contributed by atoms with Gasteiger partial charge in [-0.15, -0.1) is 24.8 Å². The van der Waals surface area contributed by atoms with Crippen molar-refractivity contribution in [1.29, 1.82) is 5.26 Å². The summed E-state index contributed by atoms with van der Waals surface area (Å²) in [6, 6.07) is 10.9. The zero-order chi connectivity index (χ0) is 12.1. The minimum Gasteiger partial charge on any atom is -0.314 e. The molecular weight excluding hydrogens is 396 g/mol. The lowest BCUT2D eigenvalue weighted by molar-refractivity contribution is 0.175. The van der Waals surface area contributed by atoms with Crippen molar-refractivity contribution in [2.75, 3.05) is 26.2 Å². The number of hydrogen-bond donors (Lipinski definition) is 1. The number of nitriles is 1. The molecule has 1 aliphatic heterocycles. The zero-order valence-corrected chi connectivity index (χ0v) is 14.3. The topological polar surface area (TPSA) is 39.1 Å². The van der Waals surface area contributed by atoms with E-state index in [4.69, 9.17) is 5.26 Å². The van der Waals surface area contributed by atoms with E-state index in [1.54, 1.807) is 0 Å². The molecule has 1 saturated heterocycles. The van der Waals surface area contributed by atoms with E-state index in [0.717, 1.165) is 26.2 Å². The number of halogens is 3. The summed E-state index contributed by atoms with van der Waals surface area (Å²) in [5.41, 5.74) is 1.29. The van der Waals surface area contributed by atoms with Gasteiger partial charge in [-0.25, -0.2) is 0 Å². The predicted octanol–water partition coefficient (Wildman–Crippen LogP) is 2.99. The first-order valence-corrected chi connectivity index (χ1v) is 6.97. The molecule has 0 radical (unpaired) electrons. The van der Waals surface area contributed by atoms with Crippen LogP contribution in [0.2, 0.25) is 0 Å². The molecule has 1 atom stereocenters. The van der Waals surface area contributed by atoms with Crippen molar-refractivity contribution < 1.29 is 0 Å². The number of nitrogens with one attached hydrogen (secondary N) is 1. The van der Waals surface area contributed by atoms with Crippen molar-refractivity contribution in [2.24, 2.45) is 0 Å². The zero-order valence-electron chi connectivity index (χ0n) is 10.5. The molecule has 1 fully saturated rings. The molecule has 1 aromatic rings. The average Bonchev–Trinajstić information content (AvgIpc) is 2.38. The third-order valence-corrected chi connectivity index (χ3v) is 4.12. The summed E-state index contributed by atoms with van der Waals surface area (Å²) in [6.07, 6.45) is 0.569. The van der Waals surface area contributed by atoms with Crippen LogP contribution in [0.25, 0.3) is 0 Å². The minimum atomic E-state index is 0. The number of hydrogen-bond acceptors (Lipinski definition) is 3. The average molecular weight is 414 g/mol. The molecule has 0 unspecified atom stereocenters. The molecule has 0 aromatic heterocycles. The van der Waals surface area contributed by atoms with Crippen LogP contribution in [0.15, 0.2) is 24.3 Å². The third kappa shape index (κ3) is 5.09. The summed E-state index contributed by atoms with van der Waals surface area (Å²) in [5.74, 6) is 0. The highest BCUT2D eigenvalue weighted by Gasteiger charge is 2.23. The van der Waals surface area contributed by atoms with Gasteiger partial charge in [0.2, 0.25) is 0 Å². The fourth-order valence-corrected chi connectivity index (χ4v) is 3.01. The molecule has 1 aliphatic rings. The van der Waals surface area contributed by atoms with Crippen LogP contribution in [0.4, 0.5) is 0 Å². The molecule has 0 amide bonds. The van der Waals surface area contributed by atoms with E-state index in [9.17, 15) is 0 Å². The minimum absolute atomic E-state index is 0. The number of piperazine rings is 1. The largest absolute Gasteiger partial charge is 0.314 e. The molecule has 0 saturated carbocycles. The van der Waals surface area contributed by atoms with Gasteiger partial charge in [-0.05, 0) is 34.2 Å². The SMILES string of the molecule is Cl.Cl.N#CC[C@@H](c1ccccc1I)N1CCNCC1. The Morgan fingerprint density at radius 3 is 2.47 bits per heavy atom. The van der Waals surface area contributed by atoms with E-state index >= 15 is 0 Å². The van der Waals surface area contributed by atoms with Gasteiger partial charge in [0.05, 0.1) is 12.5 Å². The van der Waals surface area contributed by atoms with Gasteiger partial charge in [-0.1, -0.05) is 18.2 Å². The van der Waals surface area contributed by atoms with E-state index in [0.29, 0.717) is 6.42 Å². The molecule has 2 rings (SSSR count). The number of nitrogens with zero attached hydrogens (tertiary/aromatic N) is 2. The Bertz CT molecular complexity index is 417. The first kappa shape index (κ1) is 18.9. The van der Waals surface area contributed by atoms with Gasteiger partial charge in [0.1, 0.15) is 0 Å². The standard InChI is InChI=1S/C13H16IN3.2ClH/c14-12-4-2-1-3-11(12)13(5-6-15)17-9-7-16-8-10-17;;/h1-4,13,16H,5,7-10H2;2*1H/t13-;;/m0../s1. The second-order valence-corrected chi connectivity index (χ2v) is 5.35. The van der Waals surface area contributed by atoms with Gasteiger partial charge in [-0.2, -0.15) is 5.26 Å².